The molecule has 2 rings (SSSR count). The van der Waals surface area contributed by atoms with Crippen LogP contribution in [-0.4, -0.2) is 16.9 Å². The molecule has 0 saturated heterocycles. The van der Waals surface area contributed by atoms with Gasteiger partial charge >= 0.3 is 5.97 Å². The van der Waals surface area contributed by atoms with Crippen LogP contribution in [0.5, 0.6) is 0 Å². The molecule has 0 heterocycles. The largest absolute Gasteiger partial charge is 0.481 e. The van der Waals surface area contributed by atoms with Crippen molar-refractivity contribution in [3.63, 3.8) is 0 Å². The third kappa shape index (κ3) is 2.80. The van der Waals surface area contributed by atoms with Gasteiger partial charge in [0.1, 0.15) is 0 Å². The number of halogens is 1. The van der Waals surface area contributed by atoms with Crippen molar-refractivity contribution in [3.05, 3.63) is 34.3 Å². The van der Waals surface area contributed by atoms with Gasteiger partial charge in [-0.25, -0.2) is 0 Å². The zero-order valence-corrected chi connectivity index (χ0v) is 11.5. The Labute approximate surface area is 114 Å². The van der Waals surface area contributed by atoms with E-state index < -0.39 is 11.9 Å². The first-order valence-corrected chi connectivity index (χ1v) is 6.91. The Morgan fingerprint density at radius 2 is 1.61 bits per heavy atom. The monoisotopic (exact) mass is 310 g/mol. The van der Waals surface area contributed by atoms with Gasteiger partial charge in [-0.05, 0) is 25.0 Å². The maximum atomic E-state index is 12.3. The van der Waals surface area contributed by atoms with Gasteiger partial charge in [0.15, 0.2) is 5.78 Å². The third-order valence-electron chi connectivity index (χ3n) is 3.55. The molecule has 0 unspecified atom stereocenters. The Morgan fingerprint density at radius 3 is 2.17 bits per heavy atom. The molecule has 1 N–H and O–H groups in total. The lowest BCUT2D eigenvalue weighted by Crippen LogP contribution is -2.32. The topological polar surface area (TPSA) is 54.4 Å². The number of carbonyl (C=O) groups excluding carboxylic acids is 1. The molecule has 0 spiro atoms. The molecule has 1 fully saturated rings. The maximum absolute atomic E-state index is 12.3. The fraction of sp³-hybridized carbons (Fsp3) is 0.429. The van der Waals surface area contributed by atoms with Crippen LogP contribution in [0.25, 0.3) is 0 Å². The molecule has 0 radical (unpaired) electrons. The van der Waals surface area contributed by atoms with Gasteiger partial charge in [0.2, 0.25) is 0 Å². The molecule has 3 nitrogen and oxygen atoms in total. The van der Waals surface area contributed by atoms with Gasteiger partial charge < -0.3 is 5.11 Å². The molecule has 1 saturated carbocycles. The van der Waals surface area contributed by atoms with E-state index in [4.69, 9.17) is 0 Å². The molecule has 1 aliphatic carbocycles. The molecule has 4 heteroatoms. The van der Waals surface area contributed by atoms with Crippen molar-refractivity contribution in [3.8, 4) is 0 Å². The molecule has 2 atom stereocenters. The number of hydrogen-bond donors (Lipinski definition) is 1. The van der Waals surface area contributed by atoms with Crippen LogP contribution in [0.2, 0.25) is 0 Å². The molecule has 0 aliphatic heterocycles. The van der Waals surface area contributed by atoms with Crippen molar-refractivity contribution in [2.45, 2.75) is 25.7 Å². The highest BCUT2D eigenvalue weighted by Crippen LogP contribution is 2.33. The summed E-state index contributed by atoms with van der Waals surface area (Å²) in [6, 6.07) is 7.12. The van der Waals surface area contributed by atoms with Crippen LogP contribution in [0, 0.1) is 11.8 Å². The van der Waals surface area contributed by atoms with Gasteiger partial charge in [-0.2, -0.15) is 0 Å². The average Bonchev–Trinajstić information content (AvgIpc) is 2.39. The minimum Gasteiger partial charge on any atom is -0.481 e. The maximum Gasteiger partial charge on any atom is 0.307 e. The molecular formula is C14H15BrO3. The zero-order chi connectivity index (χ0) is 13.1. The van der Waals surface area contributed by atoms with Gasteiger partial charge in [-0.3, -0.25) is 9.59 Å². The number of aliphatic carboxylic acids is 1. The smallest absolute Gasteiger partial charge is 0.307 e. The first-order valence-electron chi connectivity index (χ1n) is 6.12. The van der Waals surface area contributed by atoms with Crippen LogP contribution in [0.15, 0.2) is 28.7 Å². The molecule has 0 bridgehead atoms. The van der Waals surface area contributed by atoms with Crippen LogP contribution in [0.1, 0.15) is 36.0 Å². The number of hydrogen-bond acceptors (Lipinski definition) is 2. The summed E-state index contributed by atoms with van der Waals surface area (Å²) in [5, 5.41) is 9.19. The standard InChI is InChI=1S/C14H15BrO3/c15-10-7-5-9(6-8-10)13(16)11-3-1-2-4-12(11)14(17)18/h5-8,11-12H,1-4H2,(H,17,18)/t11-,12-/m0/s1. The summed E-state index contributed by atoms with van der Waals surface area (Å²) < 4.78 is 0.914. The second kappa shape index (κ2) is 5.65. The van der Waals surface area contributed by atoms with E-state index in [1.807, 2.05) is 12.1 Å². The summed E-state index contributed by atoms with van der Waals surface area (Å²) in [6.07, 6.45) is 3.14. The van der Waals surface area contributed by atoms with Crippen LogP contribution in [0.3, 0.4) is 0 Å². The molecule has 1 aliphatic rings. The normalized spacial score (nSPS) is 23.6. The van der Waals surface area contributed by atoms with E-state index in [1.165, 1.54) is 0 Å². The van der Waals surface area contributed by atoms with Crippen molar-refractivity contribution in [1.29, 1.82) is 0 Å². The van der Waals surface area contributed by atoms with Gasteiger partial charge in [0, 0.05) is 16.0 Å². The number of ketones is 1. The molecule has 0 aromatic heterocycles. The van der Waals surface area contributed by atoms with Crippen LogP contribution < -0.4 is 0 Å². The molecular weight excluding hydrogens is 296 g/mol. The van der Waals surface area contributed by atoms with Crippen molar-refractivity contribution in [1.82, 2.24) is 0 Å². The van der Waals surface area contributed by atoms with E-state index >= 15 is 0 Å². The Morgan fingerprint density at radius 1 is 1.06 bits per heavy atom. The average molecular weight is 311 g/mol. The predicted octanol–water partition coefficient (Wildman–Crippen LogP) is 3.52. The number of carboxylic acids is 1. The van der Waals surface area contributed by atoms with Gasteiger partial charge in [0.25, 0.3) is 0 Å². The Hall–Kier alpha value is -1.16. The fourth-order valence-corrected chi connectivity index (χ4v) is 2.83. The Bertz CT molecular complexity index is 453. The van der Waals surface area contributed by atoms with E-state index in [-0.39, 0.29) is 11.7 Å². The second-order valence-corrected chi connectivity index (χ2v) is 5.62. The second-order valence-electron chi connectivity index (χ2n) is 4.71. The molecule has 1 aromatic carbocycles. The van der Waals surface area contributed by atoms with Crippen molar-refractivity contribution in [2.24, 2.45) is 11.8 Å². The lowest BCUT2D eigenvalue weighted by molar-refractivity contribution is -0.144. The van der Waals surface area contributed by atoms with Crippen molar-refractivity contribution < 1.29 is 14.7 Å². The minimum atomic E-state index is -0.842. The highest BCUT2D eigenvalue weighted by Gasteiger charge is 2.35. The van der Waals surface area contributed by atoms with Gasteiger partial charge in [-0.1, -0.05) is 40.9 Å². The number of rotatable bonds is 3. The van der Waals surface area contributed by atoms with E-state index in [0.29, 0.717) is 18.4 Å². The highest BCUT2D eigenvalue weighted by atomic mass is 79.9. The number of Topliss-reactive ketones (excluding diaryl/α,β-unsaturated/α-hetero) is 1. The van der Waals surface area contributed by atoms with Gasteiger partial charge in [-0.15, -0.1) is 0 Å². The zero-order valence-electron chi connectivity index (χ0n) is 9.93. The molecule has 18 heavy (non-hydrogen) atoms. The van der Waals surface area contributed by atoms with E-state index in [0.717, 1.165) is 17.3 Å². The van der Waals surface area contributed by atoms with E-state index in [9.17, 15) is 14.7 Å². The quantitative estimate of drug-likeness (QED) is 0.869. The van der Waals surface area contributed by atoms with Gasteiger partial charge in [0.05, 0.1) is 5.92 Å². The highest BCUT2D eigenvalue weighted by molar-refractivity contribution is 9.10. The Kier molecular flexibility index (Phi) is 4.17. The summed E-state index contributed by atoms with van der Waals surface area (Å²) >= 11 is 3.32. The number of carboxylic acid groups (broad SMARTS) is 1. The summed E-state index contributed by atoms with van der Waals surface area (Å²) in [4.78, 5) is 23.5. The summed E-state index contributed by atoms with van der Waals surface area (Å²) in [6.45, 7) is 0. The number of benzene rings is 1. The van der Waals surface area contributed by atoms with Crippen LogP contribution in [-0.2, 0) is 4.79 Å². The van der Waals surface area contributed by atoms with Crippen molar-refractivity contribution in [2.75, 3.05) is 0 Å². The van der Waals surface area contributed by atoms with Crippen molar-refractivity contribution >= 4 is 27.7 Å². The first kappa shape index (κ1) is 13.3. The van der Waals surface area contributed by atoms with Crippen LogP contribution in [0.4, 0.5) is 0 Å². The number of carbonyl (C=O) groups is 2. The predicted molar refractivity (Wildman–Crippen MR) is 71.6 cm³/mol. The summed E-state index contributed by atoms with van der Waals surface area (Å²) in [5.41, 5.74) is 0.608. The van der Waals surface area contributed by atoms with E-state index in [2.05, 4.69) is 15.9 Å². The lowest BCUT2D eigenvalue weighted by atomic mass is 9.75. The third-order valence-corrected chi connectivity index (χ3v) is 4.08. The Balaban J connectivity index is 2.20. The SMILES string of the molecule is O=C(O)[C@H]1CCCC[C@@H]1C(=O)c1ccc(Br)cc1. The first-order chi connectivity index (χ1) is 8.59. The fourth-order valence-electron chi connectivity index (χ4n) is 2.57. The van der Waals surface area contributed by atoms with E-state index in [1.54, 1.807) is 12.1 Å². The molecule has 1 aromatic rings. The minimum absolute atomic E-state index is 0.0328. The van der Waals surface area contributed by atoms with Crippen LogP contribution >= 0.6 is 15.9 Å². The summed E-state index contributed by atoms with van der Waals surface area (Å²) in [7, 11) is 0. The molecule has 0 amide bonds. The molecule has 96 valence electrons. The summed E-state index contributed by atoms with van der Waals surface area (Å²) in [5.74, 6) is -1.76. The lowest BCUT2D eigenvalue weighted by Gasteiger charge is -2.27.